The molecular weight excluding hydrogens is 486 g/mol. The van der Waals surface area contributed by atoms with Gasteiger partial charge in [0, 0.05) is 5.56 Å². The Balaban J connectivity index is 1.78. The van der Waals surface area contributed by atoms with Crippen LogP contribution in [0.1, 0.15) is 76.0 Å². The van der Waals surface area contributed by atoms with Gasteiger partial charge < -0.3 is 9.84 Å². The first-order chi connectivity index (χ1) is 16.7. The number of hydrogen-bond donors (Lipinski definition) is 1. The normalized spacial score (nSPS) is 25.1. The maximum absolute atomic E-state index is 15.2. The Morgan fingerprint density at radius 3 is 2.11 bits per heavy atom. The van der Waals surface area contributed by atoms with Crippen LogP contribution in [0.15, 0.2) is 41.3 Å². The Hall–Kier alpha value is -2.32. The SMILES string of the molecule is Cc1c(F)cc([C@]2(OCC3CC3)CC[C@](C(=O)O)(c3ccc(F)cc3)CC2)cc1S(=O)(=O)C(C)(C)C. The molecule has 0 radical (unpaired) electrons. The summed E-state index contributed by atoms with van der Waals surface area (Å²) in [6.07, 6.45) is 2.99. The van der Waals surface area contributed by atoms with Gasteiger partial charge in [-0.15, -0.1) is 0 Å². The molecule has 0 bridgehead atoms. The Labute approximate surface area is 211 Å². The molecule has 0 amide bonds. The van der Waals surface area contributed by atoms with Gasteiger partial charge in [-0.1, -0.05) is 12.1 Å². The second-order valence-corrected chi connectivity index (χ2v) is 14.0. The Morgan fingerprint density at radius 1 is 1.03 bits per heavy atom. The first kappa shape index (κ1) is 26.7. The zero-order valence-corrected chi connectivity index (χ0v) is 22.1. The van der Waals surface area contributed by atoms with E-state index in [4.69, 9.17) is 4.74 Å². The molecule has 4 rings (SSSR count). The molecule has 2 fully saturated rings. The van der Waals surface area contributed by atoms with Gasteiger partial charge in [0.1, 0.15) is 11.6 Å². The molecule has 36 heavy (non-hydrogen) atoms. The van der Waals surface area contributed by atoms with Crippen molar-refractivity contribution in [1.29, 1.82) is 0 Å². The highest BCUT2D eigenvalue weighted by atomic mass is 32.2. The highest BCUT2D eigenvalue weighted by Crippen LogP contribution is 2.51. The fourth-order valence-corrected chi connectivity index (χ4v) is 6.52. The summed E-state index contributed by atoms with van der Waals surface area (Å²) in [6.45, 7) is 6.65. The maximum Gasteiger partial charge on any atom is 0.314 e. The summed E-state index contributed by atoms with van der Waals surface area (Å²) < 4.78 is 60.7. The molecule has 2 aliphatic rings. The van der Waals surface area contributed by atoms with Gasteiger partial charge in [0.25, 0.3) is 0 Å². The monoisotopic (exact) mass is 520 g/mol. The zero-order valence-electron chi connectivity index (χ0n) is 21.2. The molecule has 196 valence electrons. The Kier molecular flexibility index (Phi) is 6.84. The lowest BCUT2D eigenvalue weighted by Crippen LogP contribution is -2.46. The van der Waals surface area contributed by atoms with E-state index < -0.39 is 43.2 Å². The first-order valence-electron chi connectivity index (χ1n) is 12.4. The van der Waals surface area contributed by atoms with Crippen LogP contribution in [0.4, 0.5) is 8.78 Å². The van der Waals surface area contributed by atoms with Crippen LogP contribution in [0, 0.1) is 24.5 Å². The molecule has 0 aromatic heterocycles. The van der Waals surface area contributed by atoms with Crippen LogP contribution in [-0.4, -0.2) is 30.8 Å². The second-order valence-electron chi connectivity index (χ2n) is 11.3. The fraction of sp³-hybridized carbons (Fsp3) is 0.536. The van der Waals surface area contributed by atoms with Gasteiger partial charge in [0.15, 0.2) is 9.84 Å². The van der Waals surface area contributed by atoms with Crippen LogP contribution >= 0.6 is 0 Å². The highest BCUT2D eigenvalue weighted by Gasteiger charge is 2.50. The third kappa shape index (κ3) is 4.70. The molecule has 2 aromatic carbocycles. The smallest absolute Gasteiger partial charge is 0.314 e. The molecule has 0 spiro atoms. The number of rotatable bonds is 7. The van der Waals surface area contributed by atoms with Gasteiger partial charge in [-0.3, -0.25) is 4.79 Å². The topological polar surface area (TPSA) is 80.7 Å². The van der Waals surface area contributed by atoms with Gasteiger partial charge in [-0.2, -0.15) is 0 Å². The third-order valence-electron chi connectivity index (χ3n) is 7.93. The van der Waals surface area contributed by atoms with Crippen molar-refractivity contribution >= 4 is 15.8 Å². The average Bonchev–Trinajstić information content (AvgIpc) is 3.64. The molecule has 0 saturated heterocycles. The molecule has 0 aliphatic heterocycles. The van der Waals surface area contributed by atoms with E-state index in [9.17, 15) is 22.7 Å². The minimum absolute atomic E-state index is 0.0620. The molecule has 5 nitrogen and oxygen atoms in total. The molecule has 2 saturated carbocycles. The second kappa shape index (κ2) is 9.21. The largest absolute Gasteiger partial charge is 0.481 e. The summed E-state index contributed by atoms with van der Waals surface area (Å²) in [5.41, 5.74) is -1.25. The summed E-state index contributed by atoms with van der Waals surface area (Å²) in [4.78, 5) is 12.4. The van der Waals surface area contributed by atoms with Crippen molar-refractivity contribution in [3.05, 3.63) is 64.7 Å². The number of carbonyl (C=O) groups is 1. The summed E-state index contributed by atoms with van der Waals surface area (Å²) in [5, 5.41) is 10.2. The number of benzene rings is 2. The Bertz CT molecular complexity index is 1250. The molecule has 0 heterocycles. The summed E-state index contributed by atoms with van der Waals surface area (Å²) in [7, 11) is -3.84. The molecule has 0 unspecified atom stereocenters. The molecular formula is C28H34F2O5S. The predicted octanol–water partition coefficient (Wildman–Crippen LogP) is 6.06. The third-order valence-corrected chi connectivity index (χ3v) is 10.5. The van der Waals surface area contributed by atoms with E-state index in [0.29, 0.717) is 23.7 Å². The van der Waals surface area contributed by atoms with Crippen molar-refractivity contribution < 1.29 is 31.8 Å². The van der Waals surface area contributed by atoms with E-state index in [1.165, 1.54) is 43.3 Å². The van der Waals surface area contributed by atoms with Gasteiger partial charge in [-0.05, 0) is 108 Å². The van der Waals surface area contributed by atoms with Crippen molar-refractivity contribution in [3.8, 4) is 0 Å². The lowest BCUT2D eigenvalue weighted by atomic mass is 9.63. The van der Waals surface area contributed by atoms with Gasteiger partial charge in [0.2, 0.25) is 0 Å². The van der Waals surface area contributed by atoms with Crippen LogP contribution in [0.3, 0.4) is 0 Å². The summed E-state index contributed by atoms with van der Waals surface area (Å²) in [6, 6.07) is 8.38. The van der Waals surface area contributed by atoms with E-state index in [2.05, 4.69) is 0 Å². The van der Waals surface area contributed by atoms with Crippen LogP contribution in [-0.2, 0) is 30.4 Å². The lowest BCUT2D eigenvalue weighted by molar-refractivity contribution is -0.151. The van der Waals surface area contributed by atoms with Crippen LogP contribution in [0.2, 0.25) is 0 Å². The number of sulfone groups is 1. The van der Waals surface area contributed by atoms with Gasteiger partial charge in [-0.25, -0.2) is 17.2 Å². The maximum atomic E-state index is 15.2. The van der Waals surface area contributed by atoms with Gasteiger partial charge >= 0.3 is 5.97 Å². The lowest BCUT2D eigenvalue weighted by Gasteiger charge is -2.45. The van der Waals surface area contributed by atoms with E-state index in [0.717, 1.165) is 12.8 Å². The summed E-state index contributed by atoms with van der Waals surface area (Å²) in [5.74, 6) is -1.67. The first-order valence-corrected chi connectivity index (χ1v) is 13.9. The van der Waals surface area contributed by atoms with Crippen molar-refractivity contribution in [2.75, 3.05) is 6.61 Å². The number of carboxylic acid groups (broad SMARTS) is 1. The van der Waals surface area contributed by atoms with E-state index in [1.807, 2.05) is 0 Å². The number of carboxylic acids is 1. The van der Waals surface area contributed by atoms with E-state index in [1.54, 1.807) is 20.8 Å². The molecule has 8 heteroatoms. The van der Waals surface area contributed by atoms with Gasteiger partial charge in [0.05, 0.1) is 27.3 Å². The van der Waals surface area contributed by atoms with Crippen LogP contribution in [0.25, 0.3) is 0 Å². The van der Waals surface area contributed by atoms with Crippen molar-refractivity contribution in [2.45, 2.75) is 86.9 Å². The highest BCUT2D eigenvalue weighted by molar-refractivity contribution is 7.92. The van der Waals surface area contributed by atoms with E-state index >= 15 is 4.39 Å². The van der Waals surface area contributed by atoms with Crippen molar-refractivity contribution in [2.24, 2.45) is 5.92 Å². The number of ether oxygens (including phenoxy) is 1. The number of aliphatic carboxylic acids is 1. The quantitative estimate of drug-likeness (QED) is 0.480. The molecule has 2 aliphatic carbocycles. The average molecular weight is 521 g/mol. The van der Waals surface area contributed by atoms with Crippen molar-refractivity contribution in [3.63, 3.8) is 0 Å². The Morgan fingerprint density at radius 2 is 1.61 bits per heavy atom. The summed E-state index contributed by atoms with van der Waals surface area (Å²) >= 11 is 0. The minimum Gasteiger partial charge on any atom is -0.481 e. The zero-order chi connectivity index (χ0) is 26.5. The standard InChI is InChI=1S/C28H34F2O5S/c1-18-23(30)15-21(16-24(18)36(33,34)26(2,3)4)28(35-17-19-5-6-19)13-11-27(12-14-28,25(31)32)20-7-9-22(29)10-8-20/h7-10,15-16,19H,5-6,11-14,17H2,1-4H3,(H,31,32)/t27-,28+. The molecule has 0 atom stereocenters. The predicted molar refractivity (Wildman–Crippen MR) is 133 cm³/mol. The number of hydrogen-bond acceptors (Lipinski definition) is 4. The number of halogens is 2. The van der Waals surface area contributed by atoms with Crippen molar-refractivity contribution in [1.82, 2.24) is 0 Å². The van der Waals surface area contributed by atoms with Crippen LogP contribution in [0.5, 0.6) is 0 Å². The fourth-order valence-electron chi connectivity index (χ4n) is 5.08. The van der Waals surface area contributed by atoms with Crippen LogP contribution < -0.4 is 0 Å². The molecule has 1 N–H and O–H groups in total. The van der Waals surface area contributed by atoms with E-state index in [-0.39, 0.29) is 36.1 Å². The molecule has 2 aromatic rings. The minimum atomic E-state index is -3.84.